The first-order chi connectivity index (χ1) is 12.7. The molecule has 26 heavy (non-hydrogen) atoms. The number of nitrogens with zero attached hydrogens (tertiary/aromatic N) is 2. The van der Waals surface area contributed by atoms with Gasteiger partial charge in [-0.2, -0.15) is 0 Å². The summed E-state index contributed by atoms with van der Waals surface area (Å²) in [6.07, 6.45) is 0. The van der Waals surface area contributed by atoms with E-state index < -0.39 is 0 Å². The Bertz CT molecular complexity index is 599. The molecule has 4 nitrogen and oxygen atoms in total. The molecule has 0 bridgehead atoms. The molecule has 2 aromatic carbocycles. The molecule has 0 radical (unpaired) electrons. The van der Waals surface area contributed by atoms with Gasteiger partial charge in [-0.05, 0) is 61.2 Å². The lowest BCUT2D eigenvalue weighted by Crippen LogP contribution is -2.27. The number of fused-ring (bicyclic) bond motifs is 1. The highest BCUT2D eigenvalue weighted by Crippen LogP contribution is 2.25. The summed E-state index contributed by atoms with van der Waals surface area (Å²) in [6.45, 7) is 16.3. The van der Waals surface area contributed by atoms with Crippen molar-refractivity contribution < 1.29 is 9.47 Å². The van der Waals surface area contributed by atoms with E-state index in [0.717, 1.165) is 56.2 Å². The highest BCUT2D eigenvalue weighted by molar-refractivity contribution is 5.85. The highest BCUT2D eigenvalue weighted by Gasteiger charge is 2.04. The minimum Gasteiger partial charge on any atom is -0.492 e. The van der Waals surface area contributed by atoms with E-state index in [1.807, 2.05) is 12.1 Å². The maximum atomic E-state index is 5.94. The third-order valence-corrected chi connectivity index (χ3v) is 4.92. The molecule has 0 aliphatic rings. The Balaban J connectivity index is 1.94. The van der Waals surface area contributed by atoms with E-state index in [0.29, 0.717) is 13.2 Å². The van der Waals surface area contributed by atoms with Crippen LogP contribution in [0.3, 0.4) is 0 Å². The van der Waals surface area contributed by atoms with Crippen LogP contribution in [0.15, 0.2) is 36.4 Å². The first kappa shape index (κ1) is 20.5. The van der Waals surface area contributed by atoms with Gasteiger partial charge in [0.25, 0.3) is 0 Å². The van der Waals surface area contributed by atoms with Crippen LogP contribution in [-0.2, 0) is 0 Å². The fourth-order valence-corrected chi connectivity index (χ4v) is 3.05. The van der Waals surface area contributed by atoms with Crippen molar-refractivity contribution in [2.75, 3.05) is 52.5 Å². The lowest BCUT2D eigenvalue weighted by molar-refractivity contribution is 0.222. The van der Waals surface area contributed by atoms with Crippen LogP contribution in [0, 0.1) is 0 Å². The van der Waals surface area contributed by atoms with Gasteiger partial charge >= 0.3 is 0 Å². The summed E-state index contributed by atoms with van der Waals surface area (Å²) in [6, 6.07) is 12.5. The molecule has 0 heterocycles. The normalized spacial score (nSPS) is 11.5. The van der Waals surface area contributed by atoms with Gasteiger partial charge in [-0.25, -0.2) is 0 Å². The van der Waals surface area contributed by atoms with Crippen molar-refractivity contribution in [2.24, 2.45) is 0 Å². The summed E-state index contributed by atoms with van der Waals surface area (Å²) in [7, 11) is 0. The quantitative estimate of drug-likeness (QED) is 0.565. The number of hydrogen-bond donors (Lipinski definition) is 0. The molecule has 0 unspecified atom stereocenters. The van der Waals surface area contributed by atoms with E-state index in [4.69, 9.17) is 9.47 Å². The standard InChI is InChI=1S/C22H34N2O2/c1-5-23(6-2)13-15-25-21-11-9-19-10-12-22(18-20(19)17-21)26-16-14-24(7-3)8-4/h9-12,17-18H,5-8,13-16H2,1-4H3. The molecule has 0 aromatic heterocycles. The van der Waals surface area contributed by atoms with E-state index in [-0.39, 0.29) is 0 Å². The number of hydrogen-bond acceptors (Lipinski definition) is 4. The Morgan fingerprint density at radius 2 is 1.04 bits per heavy atom. The van der Waals surface area contributed by atoms with Crippen LogP contribution < -0.4 is 9.47 Å². The molecular formula is C22H34N2O2. The van der Waals surface area contributed by atoms with Gasteiger partial charge in [-0.15, -0.1) is 0 Å². The third kappa shape index (κ3) is 6.19. The monoisotopic (exact) mass is 358 g/mol. The minimum atomic E-state index is 0.716. The average molecular weight is 359 g/mol. The minimum absolute atomic E-state index is 0.716. The largest absolute Gasteiger partial charge is 0.492 e. The SMILES string of the molecule is CCN(CC)CCOc1ccc2ccc(OCCN(CC)CC)cc2c1. The summed E-state index contributed by atoms with van der Waals surface area (Å²) in [5.41, 5.74) is 0. The van der Waals surface area contributed by atoms with Gasteiger partial charge in [0.15, 0.2) is 0 Å². The van der Waals surface area contributed by atoms with E-state index in [9.17, 15) is 0 Å². The van der Waals surface area contributed by atoms with Crippen LogP contribution in [0.2, 0.25) is 0 Å². The van der Waals surface area contributed by atoms with Gasteiger partial charge in [0.2, 0.25) is 0 Å². The smallest absolute Gasteiger partial charge is 0.120 e. The Hall–Kier alpha value is -1.78. The summed E-state index contributed by atoms with van der Waals surface area (Å²) in [5, 5.41) is 2.36. The van der Waals surface area contributed by atoms with Gasteiger partial charge in [0, 0.05) is 13.1 Å². The van der Waals surface area contributed by atoms with Crippen LogP contribution in [0.1, 0.15) is 27.7 Å². The van der Waals surface area contributed by atoms with Crippen molar-refractivity contribution in [1.29, 1.82) is 0 Å². The van der Waals surface area contributed by atoms with Crippen molar-refractivity contribution in [1.82, 2.24) is 9.80 Å². The van der Waals surface area contributed by atoms with E-state index in [2.05, 4.69) is 61.8 Å². The van der Waals surface area contributed by atoms with Gasteiger partial charge in [0.05, 0.1) is 0 Å². The second-order valence-corrected chi connectivity index (χ2v) is 6.42. The molecule has 0 atom stereocenters. The highest BCUT2D eigenvalue weighted by atomic mass is 16.5. The third-order valence-electron chi connectivity index (χ3n) is 4.92. The van der Waals surface area contributed by atoms with Crippen LogP contribution in [0.25, 0.3) is 10.8 Å². The molecule has 0 N–H and O–H groups in total. The summed E-state index contributed by atoms with van der Waals surface area (Å²) in [4.78, 5) is 4.73. The predicted octanol–water partition coefficient (Wildman–Crippen LogP) is 4.28. The molecule has 0 spiro atoms. The molecule has 2 aromatic rings. The van der Waals surface area contributed by atoms with Crippen molar-refractivity contribution in [3.8, 4) is 11.5 Å². The van der Waals surface area contributed by atoms with Crippen molar-refractivity contribution in [2.45, 2.75) is 27.7 Å². The molecule has 0 fully saturated rings. The predicted molar refractivity (Wildman–Crippen MR) is 111 cm³/mol. The molecule has 0 saturated carbocycles. The number of likely N-dealkylation sites (N-methyl/N-ethyl adjacent to an activating group) is 2. The number of ether oxygens (including phenoxy) is 2. The second kappa shape index (κ2) is 11.0. The summed E-state index contributed by atoms with van der Waals surface area (Å²) >= 11 is 0. The van der Waals surface area contributed by atoms with Gasteiger partial charge in [0.1, 0.15) is 24.7 Å². The molecule has 0 saturated heterocycles. The van der Waals surface area contributed by atoms with Crippen LogP contribution in [-0.4, -0.2) is 62.3 Å². The van der Waals surface area contributed by atoms with E-state index in [1.54, 1.807) is 0 Å². The van der Waals surface area contributed by atoms with Crippen molar-refractivity contribution in [3.63, 3.8) is 0 Å². The maximum Gasteiger partial charge on any atom is 0.120 e. The average Bonchev–Trinajstić information content (AvgIpc) is 2.68. The molecule has 0 aliphatic heterocycles. The van der Waals surface area contributed by atoms with Crippen molar-refractivity contribution in [3.05, 3.63) is 36.4 Å². The molecule has 2 rings (SSSR count). The van der Waals surface area contributed by atoms with Gasteiger partial charge in [-0.1, -0.05) is 39.8 Å². The molecule has 144 valence electrons. The first-order valence-corrected chi connectivity index (χ1v) is 9.94. The number of benzene rings is 2. The Morgan fingerprint density at radius 1 is 0.615 bits per heavy atom. The van der Waals surface area contributed by atoms with Gasteiger partial charge in [-0.3, -0.25) is 0 Å². The first-order valence-electron chi connectivity index (χ1n) is 9.94. The zero-order chi connectivity index (χ0) is 18.8. The lowest BCUT2D eigenvalue weighted by Gasteiger charge is -2.18. The summed E-state index contributed by atoms with van der Waals surface area (Å²) in [5.74, 6) is 1.84. The van der Waals surface area contributed by atoms with Crippen LogP contribution >= 0.6 is 0 Å². The van der Waals surface area contributed by atoms with Crippen molar-refractivity contribution >= 4 is 10.8 Å². The zero-order valence-electron chi connectivity index (χ0n) is 16.8. The van der Waals surface area contributed by atoms with Gasteiger partial charge < -0.3 is 19.3 Å². The zero-order valence-corrected chi connectivity index (χ0v) is 16.8. The number of rotatable bonds is 12. The maximum absolute atomic E-state index is 5.94. The van der Waals surface area contributed by atoms with E-state index >= 15 is 0 Å². The van der Waals surface area contributed by atoms with Crippen LogP contribution in [0.4, 0.5) is 0 Å². The van der Waals surface area contributed by atoms with Crippen LogP contribution in [0.5, 0.6) is 11.5 Å². The summed E-state index contributed by atoms with van der Waals surface area (Å²) < 4.78 is 11.9. The van der Waals surface area contributed by atoms with E-state index in [1.165, 1.54) is 5.39 Å². The fraction of sp³-hybridized carbons (Fsp3) is 0.545. The molecule has 0 aliphatic carbocycles. The lowest BCUT2D eigenvalue weighted by atomic mass is 10.1. The Kier molecular flexibility index (Phi) is 8.72. The molecule has 4 heteroatoms. The molecule has 0 amide bonds. The topological polar surface area (TPSA) is 24.9 Å². The fourth-order valence-electron chi connectivity index (χ4n) is 3.05. The Morgan fingerprint density at radius 3 is 1.42 bits per heavy atom. The second-order valence-electron chi connectivity index (χ2n) is 6.42. The molecular weight excluding hydrogens is 324 g/mol. The Labute approximate surface area is 158 Å².